The van der Waals surface area contributed by atoms with Crippen LogP contribution in [0.5, 0.6) is 5.75 Å². The molecule has 3 aromatic rings. The maximum absolute atomic E-state index is 13.3. The van der Waals surface area contributed by atoms with Crippen LogP contribution in [0.3, 0.4) is 0 Å². The van der Waals surface area contributed by atoms with E-state index in [1.807, 2.05) is 87.5 Å². The minimum atomic E-state index is -0.552. The zero-order valence-corrected chi connectivity index (χ0v) is 18.4. The first-order chi connectivity index (χ1) is 15.0. The third-order valence-electron chi connectivity index (χ3n) is 5.27. The summed E-state index contributed by atoms with van der Waals surface area (Å²) >= 11 is 0. The van der Waals surface area contributed by atoms with Crippen LogP contribution in [0.25, 0.3) is 10.8 Å². The van der Waals surface area contributed by atoms with Gasteiger partial charge in [-0.15, -0.1) is 0 Å². The molecule has 0 aromatic heterocycles. The molecule has 0 aliphatic rings. The van der Waals surface area contributed by atoms with Gasteiger partial charge in [0, 0.05) is 18.5 Å². The molecule has 0 saturated carbocycles. The fraction of sp³-hybridized carbons (Fsp3) is 0.308. The number of fused-ring (bicyclic) bond motifs is 1. The number of hydrogen-bond acceptors (Lipinski definition) is 3. The molecule has 1 atom stereocenters. The molecule has 0 unspecified atom stereocenters. The molecule has 5 nitrogen and oxygen atoms in total. The van der Waals surface area contributed by atoms with Gasteiger partial charge in [-0.25, -0.2) is 0 Å². The van der Waals surface area contributed by atoms with Gasteiger partial charge in [-0.1, -0.05) is 73.2 Å². The van der Waals surface area contributed by atoms with Gasteiger partial charge in [0.05, 0.1) is 0 Å². The van der Waals surface area contributed by atoms with Crippen molar-refractivity contribution in [1.29, 1.82) is 0 Å². The minimum Gasteiger partial charge on any atom is -0.483 e. The van der Waals surface area contributed by atoms with Crippen LogP contribution >= 0.6 is 0 Å². The van der Waals surface area contributed by atoms with E-state index in [2.05, 4.69) is 5.32 Å². The molecular formula is C26H30N2O3. The van der Waals surface area contributed by atoms with E-state index in [1.165, 1.54) is 0 Å². The minimum absolute atomic E-state index is 0.129. The number of benzene rings is 3. The van der Waals surface area contributed by atoms with Crippen LogP contribution < -0.4 is 10.1 Å². The van der Waals surface area contributed by atoms with Crippen molar-refractivity contribution in [3.05, 3.63) is 77.9 Å². The molecule has 0 radical (unpaired) electrons. The molecule has 2 amide bonds. The average Bonchev–Trinajstić information content (AvgIpc) is 2.77. The first-order valence-electron chi connectivity index (χ1n) is 10.8. The van der Waals surface area contributed by atoms with Crippen LogP contribution in [0.15, 0.2) is 66.7 Å². The molecule has 0 heterocycles. The summed E-state index contributed by atoms with van der Waals surface area (Å²) in [6, 6.07) is 21.1. The highest BCUT2D eigenvalue weighted by Crippen LogP contribution is 2.25. The standard InChI is InChI=1S/C26H30N2O3/c1-4-23(26(30)27-5-2)28(17-20-11-8-10-19(3)16-20)25(29)18-31-24-15-9-13-21-12-6-7-14-22(21)24/h6-16,23H,4-5,17-18H2,1-3H3,(H,27,30)/t23-/m1/s1. The fourth-order valence-electron chi connectivity index (χ4n) is 3.76. The Morgan fingerprint density at radius 2 is 1.74 bits per heavy atom. The molecule has 3 aromatic carbocycles. The topological polar surface area (TPSA) is 58.6 Å². The maximum atomic E-state index is 13.3. The van der Waals surface area contributed by atoms with Gasteiger partial charge in [-0.3, -0.25) is 9.59 Å². The molecule has 31 heavy (non-hydrogen) atoms. The zero-order valence-electron chi connectivity index (χ0n) is 18.4. The normalized spacial score (nSPS) is 11.7. The maximum Gasteiger partial charge on any atom is 0.261 e. The fourth-order valence-corrected chi connectivity index (χ4v) is 3.76. The molecule has 5 heteroatoms. The van der Waals surface area contributed by atoms with E-state index < -0.39 is 6.04 Å². The van der Waals surface area contributed by atoms with Crippen LogP contribution in [0, 0.1) is 6.92 Å². The van der Waals surface area contributed by atoms with E-state index >= 15 is 0 Å². The molecule has 0 saturated heterocycles. The number of hydrogen-bond donors (Lipinski definition) is 1. The van der Waals surface area contributed by atoms with Crippen molar-refractivity contribution in [1.82, 2.24) is 10.2 Å². The first kappa shape index (κ1) is 22.3. The number of likely N-dealkylation sites (N-methyl/N-ethyl adjacent to an activating group) is 1. The molecule has 1 N–H and O–H groups in total. The third kappa shape index (κ3) is 5.63. The summed E-state index contributed by atoms with van der Waals surface area (Å²) in [7, 11) is 0. The molecule has 162 valence electrons. The highest BCUT2D eigenvalue weighted by molar-refractivity contribution is 5.90. The summed E-state index contributed by atoms with van der Waals surface area (Å²) in [6.45, 7) is 6.56. The lowest BCUT2D eigenvalue weighted by Gasteiger charge is -2.30. The number of carbonyl (C=O) groups is 2. The van der Waals surface area contributed by atoms with Crippen molar-refractivity contribution >= 4 is 22.6 Å². The lowest BCUT2D eigenvalue weighted by Crippen LogP contribution is -2.50. The van der Waals surface area contributed by atoms with Crippen LogP contribution in [0.4, 0.5) is 0 Å². The number of aryl methyl sites for hydroxylation is 1. The van der Waals surface area contributed by atoms with Gasteiger partial charge in [-0.05, 0) is 37.3 Å². The zero-order chi connectivity index (χ0) is 22.2. The van der Waals surface area contributed by atoms with E-state index in [0.29, 0.717) is 25.3 Å². The molecule has 0 aliphatic carbocycles. The molecule has 0 aliphatic heterocycles. The van der Waals surface area contributed by atoms with Crippen LogP contribution in [-0.2, 0) is 16.1 Å². The molecular weight excluding hydrogens is 388 g/mol. The lowest BCUT2D eigenvalue weighted by atomic mass is 10.1. The van der Waals surface area contributed by atoms with Gasteiger partial charge < -0.3 is 15.0 Å². The van der Waals surface area contributed by atoms with Crippen molar-refractivity contribution in [3.8, 4) is 5.75 Å². The number of carbonyl (C=O) groups excluding carboxylic acids is 2. The van der Waals surface area contributed by atoms with E-state index in [4.69, 9.17) is 4.74 Å². The highest BCUT2D eigenvalue weighted by Gasteiger charge is 2.28. The first-order valence-corrected chi connectivity index (χ1v) is 10.8. The molecule has 0 fully saturated rings. The van der Waals surface area contributed by atoms with Crippen molar-refractivity contribution in [2.45, 2.75) is 39.8 Å². The second-order valence-electron chi connectivity index (χ2n) is 7.60. The monoisotopic (exact) mass is 418 g/mol. The summed E-state index contributed by atoms with van der Waals surface area (Å²) in [5.41, 5.74) is 2.10. The molecule has 0 bridgehead atoms. The molecule has 3 rings (SSSR count). The van der Waals surface area contributed by atoms with Crippen LogP contribution in [0.2, 0.25) is 0 Å². The van der Waals surface area contributed by atoms with E-state index in [9.17, 15) is 9.59 Å². The number of nitrogens with zero attached hydrogens (tertiary/aromatic N) is 1. The number of rotatable bonds is 9. The second-order valence-corrected chi connectivity index (χ2v) is 7.60. The van der Waals surface area contributed by atoms with Gasteiger partial charge >= 0.3 is 0 Å². The predicted molar refractivity (Wildman–Crippen MR) is 124 cm³/mol. The van der Waals surface area contributed by atoms with E-state index in [0.717, 1.165) is 21.9 Å². The van der Waals surface area contributed by atoms with Gasteiger partial charge in [0.25, 0.3) is 5.91 Å². The van der Waals surface area contributed by atoms with Crippen molar-refractivity contribution < 1.29 is 14.3 Å². The summed E-state index contributed by atoms with van der Waals surface area (Å²) in [4.78, 5) is 27.6. The SMILES string of the molecule is CCNC(=O)[C@@H](CC)N(Cc1cccc(C)c1)C(=O)COc1cccc2ccccc12. The Kier molecular flexibility index (Phi) is 7.65. The summed E-state index contributed by atoms with van der Waals surface area (Å²) < 4.78 is 5.93. The van der Waals surface area contributed by atoms with Gasteiger partial charge in [0.2, 0.25) is 5.91 Å². The Bertz CT molecular complexity index is 1040. The Morgan fingerprint density at radius 3 is 2.48 bits per heavy atom. The predicted octanol–water partition coefficient (Wildman–Crippen LogP) is 4.47. The third-order valence-corrected chi connectivity index (χ3v) is 5.27. The van der Waals surface area contributed by atoms with Crippen LogP contribution in [-0.4, -0.2) is 35.9 Å². The second kappa shape index (κ2) is 10.6. The number of ether oxygens (including phenoxy) is 1. The average molecular weight is 419 g/mol. The Balaban J connectivity index is 1.82. The van der Waals surface area contributed by atoms with Gasteiger partial charge in [-0.2, -0.15) is 0 Å². The summed E-state index contributed by atoms with van der Waals surface area (Å²) in [6.07, 6.45) is 0.525. The smallest absolute Gasteiger partial charge is 0.261 e. The van der Waals surface area contributed by atoms with Crippen molar-refractivity contribution in [3.63, 3.8) is 0 Å². The van der Waals surface area contributed by atoms with E-state index in [1.54, 1.807) is 4.90 Å². The lowest BCUT2D eigenvalue weighted by molar-refractivity contribution is -0.142. The summed E-state index contributed by atoms with van der Waals surface area (Å²) in [5.74, 6) is 0.303. The van der Waals surface area contributed by atoms with Gasteiger partial charge in [0.15, 0.2) is 6.61 Å². The molecule has 0 spiro atoms. The Labute approximate surface area is 184 Å². The Hall–Kier alpha value is -3.34. The number of nitrogens with one attached hydrogen (secondary N) is 1. The number of amides is 2. The quantitative estimate of drug-likeness (QED) is 0.558. The van der Waals surface area contributed by atoms with Gasteiger partial charge in [0.1, 0.15) is 11.8 Å². The van der Waals surface area contributed by atoms with E-state index in [-0.39, 0.29) is 18.4 Å². The Morgan fingerprint density at radius 1 is 1.00 bits per heavy atom. The summed E-state index contributed by atoms with van der Waals surface area (Å²) in [5, 5.41) is 4.86. The largest absolute Gasteiger partial charge is 0.483 e. The van der Waals surface area contributed by atoms with Crippen molar-refractivity contribution in [2.24, 2.45) is 0 Å². The van der Waals surface area contributed by atoms with Crippen LogP contribution in [0.1, 0.15) is 31.4 Å². The highest BCUT2D eigenvalue weighted by atomic mass is 16.5. The van der Waals surface area contributed by atoms with Crippen molar-refractivity contribution in [2.75, 3.05) is 13.2 Å².